The highest BCUT2D eigenvalue weighted by atomic mass is 16.4. The van der Waals surface area contributed by atoms with Gasteiger partial charge in [0.1, 0.15) is 5.69 Å². The lowest BCUT2D eigenvalue weighted by Gasteiger charge is -2.04. The van der Waals surface area contributed by atoms with E-state index in [2.05, 4.69) is 10.4 Å². The summed E-state index contributed by atoms with van der Waals surface area (Å²) in [5, 5.41) is 15.5. The van der Waals surface area contributed by atoms with Crippen LogP contribution in [0.15, 0.2) is 6.07 Å². The summed E-state index contributed by atoms with van der Waals surface area (Å²) in [6.07, 6.45) is 1.37. The van der Waals surface area contributed by atoms with E-state index < -0.39 is 5.97 Å². The lowest BCUT2D eigenvalue weighted by atomic mass is 10.1. The first-order valence-corrected chi connectivity index (χ1v) is 6.45. The van der Waals surface area contributed by atoms with Crippen molar-refractivity contribution in [3.05, 3.63) is 17.5 Å². The van der Waals surface area contributed by atoms with Crippen molar-refractivity contribution in [3.8, 4) is 0 Å². The maximum atomic E-state index is 11.9. The maximum absolute atomic E-state index is 11.9. The minimum Gasteiger partial charge on any atom is -0.481 e. The predicted octanol–water partition coefficient (Wildman–Crippen LogP) is 1.53. The van der Waals surface area contributed by atoms with Gasteiger partial charge in [0.2, 0.25) is 0 Å². The fourth-order valence-corrected chi connectivity index (χ4v) is 1.68. The average molecular weight is 267 g/mol. The topological polar surface area (TPSA) is 84.2 Å². The van der Waals surface area contributed by atoms with Crippen molar-refractivity contribution in [2.75, 3.05) is 6.54 Å². The van der Waals surface area contributed by atoms with Gasteiger partial charge in [-0.3, -0.25) is 14.3 Å². The normalized spacial score (nSPS) is 10.7. The Morgan fingerprint density at radius 2 is 2.11 bits per heavy atom. The molecule has 0 atom stereocenters. The minimum absolute atomic E-state index is 0.138. The summed E-state index contributed by atoms with van der Waals surface area (Å²) in [6.45, 7) is 4.53. The van der Waals surface area contributed by atoms with E-state index in [0.717, 1.165) is 5.69 Å². The van der Waals surface area contributed by atoms with Crippen molar-refractivity contribution >= 4 is 11.9 Å². The van der Waals surface area contributed by atoms with Gasteiger partial charge in [-0.1, -0.05) is 13.8 Å². The van der Waals surface area contributed by atoms with Crippen LogP contribution in [0, 0.1) is 0 Å². The third-order valence-electron chi connectivity index (χ3n) is 2.83. The molecule has 0 saturated carbocycles. The van der Waals surface area contributed by atoms with E-state index in [1.807, 2.05) is 13.8 Å². The largest absolute Gasteiger partial charge is 0.481 e. The Labute approximate surface area is 112 Å². The number of amides is 1. The Balaban J connectivity index is 2.43. The van der Waals surface area contributed by atoms with Gasteiger partial charge in [-0.05, 0) is 24.8 Å². The van der Waals surface area contributed by atoms with E-state index in [-0.39, 0.29) is 18.2 Å². The Kier molecular flexibility index (Phi) is 5.54. The lowest BCUT2D eigenvalue weighted by Crippen LogP contribution is -2.26. The van der Waals surface area contributed by atoms with Gasteiger partial charge in [-0.2, -0.15) is 5.10 Å². The van der Waals surface area contributed by atoms with Gasteiger partial charge < -0.3 is 10.4 Å². The summed E-state index contributed by atoms with van der Waals surface area (Å²) in [5.41, 5.74) is 1.42. The van der Waals surface area contributed by atoms with Crippen LogP contribution in [0.5, 0.6) is 0 Å². The number of nitrogens with one attached hydrogen (secondary N) is 1. The van der Waals surface area contributed by atoms with Crippen molar-refractivity contribution < 1.29 is 14.7 Å². The number of hydrogen-bond acceptors (Lipinski definition) is 3. The third kappa shape index (κ3) is 4.73. The first kappa shape index (κ1) is 15.2. The zero-order valence-corrected chi connectivity index (χ0v) is 11.6. The van der Waals surface area contributed by atoms with Crippen molar-refractivity contribution in [2.24, 2.45) is 7.05 Å². The molecule has 1 aromatic heterocycles. The predicted molar refractivity (Wildman–Crippen MR) is 71.1 cm³/mol. The number of unbranched alkanes of at least 4 members (excludes halogenated alkanes) is 1. The van der Waals surface area contributed by atoms with E-state index in [1.165, 1.54) is 0 Å². The second-order valence-corrected chi connectivity index (χ2v) is 4.84. The standard InChI is InChI=1S/C13H21N3O3/c1-9(2)10-8-11(16(3)15-10)13(19)14-7-5-4-6-12(17)18/h8-9H,4-7H2,1-3H3,(H,14,19)(H,17,18). The first-order valence-electron chi connectivity index (χ1n) is 6.45. The van der Waals surface area contributed by atoms with Crippen LogP contribution in [0.3, 0.4) is 0 Å². The van der Waals surface area contributed by atoms with Gasteiger partial charge in [-0.15, -0.1) is 0 Å². The van der Waals surface area contributed by atoms with Crippen LogP contribution < -0.4 is 5.32 Å². The first-order chi connectivity index (χ1) is 8.91. The highest BCUT2D eigenvalue weighted by Crippen LogP contribution is 2.13. The second-order valence-electron chi connectivity index (χ2n) is 4.84. The zero-order chi connectivity index (χ0) is 14.4. The summed E-state index contributed by atoms with van der Waals surface area (Å²) in [5.74, 6) is -0.694. The number of rotatable bonds is 7. The fourth-order valence-electron chi connectivity index (χ4n) is 1.68. The van der Waals surface area contributed by atoms with Crippen LogP contribution >= 0.6 is 0 Å². The van der Waals surface area contributed by atoms with Crippen LogP contribution in [-0.4, -0.2) is 33.3 Å². The summed E-state index contributed by atoms with van der Waals surface area (Å²) < 4.78 is 1.57. The number of carbonyl (C=O) groups is 2. The minimum atomic E-state index is -0.806. The molecule has 0 aliphatic heterocycles. The number of carboxylic acid groups (broad SMARTS) is 1. The molecule has 0 fully saturated rings. The quantitative estimate of drug-likeness (QED) is 0.734. The highest BCUT2D eigenvalue weighted by Gasteiger charge is 2.14. The zero-order valence-electron chi connectivity index (χ0n) is 11.6. The molecule has 19 heavy (non-hydrogen) atoms. The SMILES string of the molecule is CC(C)c1cc(C(=O)NCCCCC(=O)O)n(C)n1. The molecule has 0 aromatic carbocycles. The van der Waals surface area contributed by atoms with Crippen LogP contribution in [0.1, 0.15) is 55.2 Å². The van der Waals surface area contributed by atoms with Gasteiger partial charge in [0, 0.05) is 20.0 Å². The number of carboxylic acids is 1. The molecule has 6 nitrogen and oxygen atoms in total. The molecule has 1 amide bonds. The molecule has 0 aliphatic carbocycles. The number of hydrogen-bond donors (Lipinski definition) is 2. The van der Waals surface area contributed by atoms with E-state index in [1.54, 1.807) is 17.8 Å². The molecule has 0 saturated heterocycles. The number of nitrogens with zero attached hydrogens (tertiary/aromatic N) is 2. The molecule has 0 bridgehead atoms. The Bertz CT molecular complexity index is 452. The molecule has 0 spiro atoms. The van der Waals surface area contributed by atoms with Crippen molar-refractivity contribution in [3.63, 3.8) is 0 Å². The number of aliphatic carboxylic acids is 1. The molecule has 0 unspecified atom stereocenters. The van der Waals surface area contributed by atoms with E-state index in [4.69, 9.17) is 5.11 Å². The molecule has 6 heteroatoms. The molecular weight excluding hydrogens is 246 g/mol. The summed E-state index contributed by atoms with van der Waals surface area (Å²) in [4.78, 5) is 22.2. The molecular formula is C13H21N3O3. The van der Waals surface area contributed by atoms with Gasteiger partial charge in [-0.25, -0.2) is 0 Å². The lowest BCUT2D eigenvalue weighted by molar-refractivity contribution is -0.137. The Hall–Kier alpha value is -1.85. The smallest absolute Gasteiger partial charge is 0.303 e. The van der Waals surface area contributed by atoms with Crippen LogP contribution in [-0.2, 0) is 11.8 Å². The maximum Gasteiger partial charge on any atom is 0.303 e. The molecule has 1 heterocycles. The van der Waals surface area contributed by atoms with Crippen molar-refractivity contribution in [1.29, 1.82) is 0 Å². The number of carbonyl (C=O) groups excluding carboxylic acids is 1. The van der Waals surface area contributed by atoms with E-state index in [9.17, 15) is 9.59 Å². The average Bonchev–Trinajstić information content (AvgIpc) is 2.70. The summed E-state index contributed by atoms with van der Waals surface area (Å²) >= 11 is 0. The summed E-state index contributed by atoms with van der Waals surface area (Å²) in [7, 11) is 1.74. The third-order valence-corrected chi connectivity index (χ3v) is 2.83. The highest BCUT2D eigenvalue weighted by molar-refractivity contribution is 5.92. The van der Waals surface area contributed by atoms with E-state index >= 15 is 0 Å². The fraction of sp³-hybridized carbons (Fsp3) is 0.615. The summed E-state index contributed by atoms with van der Waals surface area (Å²) in [6, 6.07) is 1.79. The molecule has 106 valence electrons. The Morgan fingerprint density at radius 3 is 2.63 bits per heavy atom. The molecule has 0 radical (unpaired) electrons. The molecule has 2 N–H and O–H groups in total. The molecule has 1 aromatic rings. The van der Waals surface area contributed by atoms with Gasteiger partial charge >= 0.3 is 5.97 Å². The second kappa shape index (κ2) is 6.92. The van der Waals surface area contributed by atoms with E-state index in [0.29, 0.717) is 25.1 Å². The van der Waals surface area contributed by atoms with Crippen LogP contribution in [0.4, 0.5) is 0 Å². The van der Waals surface area contributed by atoms with Crippen molar-refractivity contribution in [1.82, 2.24) is 15.1 Å². The van der Waals surface area contributed by atoms with Gasteiger partial charge in [0.15, 0.2) is 0 Å². The van der Waals surface area contributed by atoms with Crippen LogP contribution in [0.25, 0.3) is 0 Å². The number of aryl methyl sites for hydroxylation is 1. The van der Waals surface area contributed by atoms with Gasteiger partial charge in [0.25, 0.3) is 5.91 Å². The van der Waals surface area contributed by atoms with Gasteiger partial charge in [0.05, 0.1) is 5.69 Å². The number of aromatic nitrogens is 2. The molecule has 0 aliphatic rings. The monoisotopic (exact) mass is 267 g/mol. The van der Waals surface area contributed by atoms with Crippen LogP contribution in [0.2, 0.25) is 0 Å². The Morgan fingerprint density at radius 1 is 1.42 bits per heavy atom. The van der Waals surface area contributed by atoms with Crippen molar-refractivity contribution in [2.45, 2.75) is 39.0 Å². The molecule has 1 rings (SSSR count).